The number of hydrogen-bond acceptors (Lipinski definition) is 8. The summed E-state index contributed by atoms with van der Waals surface area (Å²) in [6.45, 7) is 0.265. The molecule has 0 spiro atoms. The molecule has 0 aliphatic rings. The normalized spacial score (nSPS) is 10.6. The average molecular weight is 390 g/mol. The molecular formula is C16H12ClN5O5. The first-order valence-electron chi connectivity index (χ1n) is 7.69. The maximum Gasteiger partial charge on any atom is 0.299 e. The van der Waals surface area contributed by atoms with Gasteiger partial charge in [-0.25, -0.2) is 0 Å². The van der Waals surface area contributed by atoms with Crippen molar-refractivity contribution in [3.8, 4) is 11.4 Å². The van der Waals surface area contributed by atoms with Gasteiger partial charge in [0.05, 0.1) is 15.9 Å². The van der Waals surface area contributed by atoms with Gasteiger partial charge in [0, 0.05) is 29.6 Å². The van der Waals surface area contributed by atoms with Crippen molar-refractivity contribution >= 4 is 28.7 Å². The summed E-state index contributed by atoms with van der Waals surface area (Å²) >= 11 is 5.84. The molecular weight excluding hydrogens is 378 g/mol. The summed E-state index contributed by atoms with van der Waals surface area (Å²) in [7, 11) is 0. The van der Waals surface area contributed by atoms with Crippen LogP contribution < -0.4 is 5.32 Å². The molecule has 0 unspecified atom stereocenters. The van der Waals surface area contributed by atoms with Gasteiger partial charge >= 0.3 is 0 Å². The fourth-order valence-corrected chi connectivity index (χ4v) is 2.44. The Morgan fingerprint density at radius 1 is 1.07 bits per heavy atom. The van der Waals surface area contributed by atoms with E-state index in [2.05, 4.69) is 15.5 Å². The fourth-order valence-electron chi connectivity index (χ4n) is 2.31. The van der Waals surface area contributed by atoms with Crippen LogP contribution in [-0.2, 0) is 6.42 Å². The highest BCUT2D eigenvalue weighted by atomic mass is 35.5. The van der Waals surface area contributed by atoms with E-state index in [9.17, 15) is 20.2 Å². The van der Waals surface area contributed by atoms with Gasteiger partial charge in [0.25, 0.3) is 11.4 Å². The second-order valence-electron chi connectivity index (χ2n) is 5.41. The first-order chi connectivity index (χ1) is 12.9. The summed E-state index contributed by atoms with van der Waals surface area (Å²) in [5, 5.41) is 29.2. The minimum Gasteiger partial charge on any atom is -0.379 e. The second-order valence-corrected chi connectivity index (χ2v) is 5.85. The number of nitrogens with zero attached hydrogens (tertiary/aromatic N) is 4. The molecule has 1 aromatic heterocycles. The highest BCUT2D eigenvalue weighted by Crippen LogP contribution is 2.28. The molecule has 0 bridgehead atoms. The summed E-state index contributed by atoms with van der Waals surface area (Å²) in [6.07, 6.45) is 0.314. The molecule has 2 aromatic carbocycles. The third kappa shape index (κ3) is 4.36. The Morgan fingerprint density at radius 2 is 1.81 bits per heavy atom. The number of nitro benzene ring substituents is 2. The van der Waals surface area contributed by atoms with Crippen LogP contribution in [0.15, 0.2) is 47.0 Å². The molecule has 3 aromatic rings. The van der Waals surface area contributed by atoms with Crippen molar-refractivity contribution in [2.75, 3.05) is 11.9 Å². The predicted molar refractivity (Wildman–Crippen MR) is 96.7 cm³/mol. The summed E-state index contributed by atoms with van der Waals surface area (Å²) in [4.78, 5) is 24.7. The summed E-state index contributed by atoms with van der Waals surface area (Å²) in [5.74, 6) is 0.750. The summed E-state index contributed by atoms with van der Waals surface area (Å²) < 4.78 is 5.16. The first kappa shape index (κ1) is 18.3. The molecule has 3 rings (SSSR count). The average Bonchev–Trinajstić information content (AvgIpc) is 3.11. The maximum atomic E-state index is 11.1. The highest BCUT2D eigenvalue weighted by Gasteiger charge is 2.19. The molecule has 0 aliphatic heterocycles. The number of non-ortho nitro benzene ring substituents is 1. The third-order valence-electron chi connectivity index (χ3n) is 3.61. The number of nitrogens with one attached hydrogen (secondary N) is 1. The van der Waals surface area contributed by atoms with Crippen LogP contribution >= 0.6 is 11.6 Å². The van der Waals surface area contributed by atoms with Gasteiger partial charge in [-0.05, 0) is 30.3 Å². The van der Waals surface area contributed by atoms with E-state index < -0.39 is 9.85 Å². The monoisotopic (exact) mass is 389 g/mol. The van der Waals surface area contributed by atoms with Crippen molar-refractivity contribution in [2.45, 2.75) is 6.42 Å². The molecule has 0 radical (unpaired) electrons. The minimum absolute atomic E-state index is 0.169. The van der Waals surface area contributed by atoms with Gasteiger partial charge in [0.1, 0.15) is 5.69 Å². The minimum atomic E-state index is -0.687. The van der Waals surface area contributed by atoms with Gasteiger partial charge in [-0.1, -0.05) is 16.8 Å². The number of hydrogen-bond donors (Lipinski definition) is 1. The lowest BCUT2D eigenvalue weighted by Gasteiger charge is -2.05. The number of aromatic nitrogens is 2. The Morgan fingerprint density at radius 3 is 2.48 bits per heavy atom. The molecule has 0 aliphatic carbocycles. The van der Waals surface area contributed by atoms with Gasteiger partial charge in [-0.2, -0.15) is 4.98 Å². The van der Waals surface area contributed by atoms with Gasteiger partial charge in [0.2, 0.25) is 11.7 Å². The van der Waals surface area contributed by atoms with E-state index in [1.54, 1.807) is 24.3 Å². The molecule has 10 nitrogen and oxygen atoms in total. The first-order valence-corrected chi connectivity index (χ1v) is 8.07. The van der Waals surface area contributed by atoms with Crippen LogP contribution in [0.2, 0.25) is 5.02 Å². The van der Waals surface area contributed by atoms with E-state index in [0.29, 0.717) is 23.2 Å². The highest BCUT2D eigenvalue weighted by molar-refractivity contribution is 6.30. The molecule has 1 N–H and O–H groups in total. The zero-order valence-corrected chi connectivity index (χ0v) is 14.4. The topological polar surface area (TPSA) is 137 Å². The van der Waals surface area contributed by atoms with E-state index in [0.717, 1.165) is 11.6 Å². The Hall–Kier alpha value is -3.53. The van der Waals surface area contributed by atoms with E-state index in [1.807, 2.05) is 0 Å². The maximum absolute atomic E-state index is 11.1. The van der Waals surface area contributed by atoms with Crippen LogP contribution in [-0.4, -0.2) is 26.5 Å². The Bertz CT molecular complexity index is 989. The lowest BCUT2D eigenvalue weighted by molar-refractivity contribution is -0.393. The second kappa shape index (κ2) is 7.79. The summed E-state index contributed by atoms with van der Waals surface area (Å²) in [6, 6.07) is 10.3. The molecule has 0 saturated carbocycles. The van der Waals surface area contributed by atoms with Crippen molar-refractivity contribution in [3.63, 3.8) is 0 Å². The van der Waals surface area contributed by atoms with Crippen molar-refractivity contribution < 1.29 is 14.4 Å². The molecule has 0 atom stereocenters. The number of benzene rings is 2. The summed E-state index contributed by atoms with van der Waals surface area (Å²) in [5.41, 5.74) is 0.185. The standard InChI is InChI=1S/C16H12ClN5O5/c17-11-3-1-10(2-4-11)16-19-15(27-20-16)7-8-18-13-6-5-12(21(23)24)9-14(13)22(25)26/h1-6,9,18H,7-8H2. The van der Waals surface area contributed by atoms with Gasteiger partial charge < -0.3 is 9.84 Å². The van der Waals surface area contributed by atoms with Gasteiger partial charge in [-0.15, -0.1) is 0 Å². The van der Waals surface area contributed by atoms with Crippen molar-refractivity contribution in [1.82, 2.24) is 10.1 Å². The molecule has 27 heavy (non-hydrogen) atoms. The molecule has 11 heteroatoms. The van der Waals surface area contributed by atoms with Crippen LogP contribution in [0.25, 0.3) is 11.4 Å². The van der Waals surface area contributed by atoms with Gasteiger partial charge in [-0.3, -0.25) is 20.2 Å². The van der Waals surface area contributed by atoms with Crippen LogP contribution in [0.5, 0.6) is 0 Å². The quantitative estimate of drug-likeness (QED) is 0.474. The van der Waals surface area contributed by atoms with E-state index in [1.165, 1.54) is 12.1 Å². The molecule has 0 amide bonds. The number of halogens is 1. The number of rotatable bonds is 7. The van der Waals surface area contributed by atoms with Crippen molar-refractivity contribution in [3.05, 3.63) is 73.6 Å². The van der Waals surface area contributed by atoms with E-state index in [4.69, 9.17) is 16.1 Å². The van der Waals surface area contributed by atoms with Crippen LogP contribution in [0.3, 0.4) is 0 Å². The molecule has 138 valence electrons. The van der Waals surface area contributed by atoms with Crippen LogP contribution in [0.4, 0.5) is 17.1 Å². The lowest BCUT2D eigenvalue weighted by Crippen LogP contribution is -2.07. The largest absolute Gasteiger partial charge is 0.379 e. The fraction of sp³-hybridized carbons (Fsp3) is 0.125. The van der Waals surface area contributed by atoms with Crippen molar-refractivity contribution in [1.29, 1.82) is 0 Å². The lowest BCUT2D eigenvalue weighted by atomic mass is 10.2. The zero-order chi connectivity index (χ0) is 19.4. The Labute approximate surface area is 157 Å². The molecule has 0 fully saturated rings. The van der Waals surface area contributed by atoms with E-state index >= 15 is 0 Å². The SMILES string of the molecule is O=[N+]([O-])c1ccc(NCCc2nc(-c3ccc(Cl)cc3)no2)c([N+](=O)[O-])c1. The molecule has 0 saturated heterocycles. The van der Waals surface area contributed by atoms with E-state index in [-0.39, 0.29) is 23.6 Å². The third-order valence-corrected chi connectivity index (χ3v) is 3.87. The zero-order valence-electron chi connectivity index (χ0n) is 13.7. The smallest absolute Gasteiger partial charge is 0.299 e. The van der Waals surface area contributed by atoms with Crippen LogP contribution in [0.1, 0.15) is 5.89 Å². The van der Waals surface area contributed by atoms with Crippen LogP contribution in [0, 0.1) is 20.2 Å². The van der Waals surface area contributed by atoms with Gasteiger partial charge in [0.15, 0.2) is 0 Å². The van der Waals surface area contributed by atoms with Crippen molar-refractivity contribution in [2.24, 2.45) is 0 Å². The Balaban J connectivity index is 1.66. The number of nitro groups is 2. The molecule has 1 heterocycles. The Kier molecular flexibility index (Phi) is 5.27. The number of anilines is 1. The predicted octanol–water partition coefficient (Wildman–Crippen LogP) is 3.86.